The van der Waals surface area contributed by atoms with E-state index in [1.54, 1.807) is 37.2 Å². The topological polar surface area (TPSA) is 87.0 Å². The largest absolute Gasteiger partial charge is 0.347 e. The minimum absolute atomic E-state index is 0.000556. The van der Waals surface area contributed by atoms with Crippen molar-refractivity contribution in [2.45, 2.75) is 35.6 Å². The van der Waals surface area contributed by atoms with Crippen molar-refractivity contribution in [3.63, 3.8) is 0 Å². The fourth-order valence-electron chi connectivity index (χ4n) is 3.95. The van der Waals surface area contributed by atoms with E-state index >= 15 is 0 Å². The van der Waals surface area contributed by atoms with Crippen LogP contribution in [0.25, 0.3) is 6.08 Å². The Labute approximate surface area is 210 Å². The Morgan fingerprint density at radius 2 is 1.86 bits per heavy atom. The third-order valence-corrected chi connectivity index (χ3v) is 7.20. The molecule has 1 saturated heterocycles. The first kappa shape index (κ1) is 26.4. The summed E-state index contributed by atoms with van der Waals surface area (Å²) in [4.78, 5) is 43.3. The van der Waals surface area contributed by atoms with E-state index in [0.717, 1.165) is 10.5 Å². The van der Waals surface area contributed by atoms with Crippen LogP contribution >= 0.6 is 11.8 Å². The van der Waals surface area contributed by atoms with Crippen LogP contribution in [0.2, 0.25) is 0 Å². The lowest BCUT2D eigenvalue weighted by Crippen LogP contribution is -2.58. The maximum absolute atomic E-state index is 12.8. The van der Waals surface area contributed by atoms with Crippen LogP contribution in [0.1, 0.15) is 30.9 Å². The van der Waals surface area contributed by atoms with Crippen LogP contribution in [-0.4, -0.2) is 78.3 Å². The van der Waals surface area contributed by atoms with Crippen LogP contribution < -0.4 is 0 Å². The summed E-state index contributed by atoms with van der Waals surface area (Å²) in [5.41, 5.74) is 1.71. The van der Waals surface area contributed by atoms with Gasteiger partial charge in [-0.25, -0.2) is 0 Å². The predicted octanol–water partition coefficient (Wildman–Crippen LogP) is 4.11. The molecule has 1 fully saturated rings. The second-order valence-corrected chi connectivity index (χ2v) is 10.2. The van der Waals surface area contributed by atoms with Gasteiger partial charge >= 0.3 is 0 Å². The molecule has 0 bridgehead atoms. The highest BCUT2D eigenvalue weighted by Crippen LogP contribution is 2.39. The summed E-state index contributed by atoms with van der Waals surface area (Å²) >= 11 is 1.38. The number of benzene rings is 2. The minimum atomic E-state index is -0.391. The van der Waals surface area contributed by atoms with Crippen LogP contribution in [0.4, 0.5) is 5.69 Å². The first-order chi connectivity index (χ1) is 16.6. The second-order valence-electron chi connectivity index (χ2n) is 9.13. The fraction of sp³-hybridized carbons (Fsp3) is 0.385. The van der Waals surface area contributed by atoms with Crippen molar-refractivity contribution in [1.29, 1.82) is 0 Å². The molecule has 1 atom stereocenters. The van der Waals surface area contributed by atoms with Gasteiger partial charge in [-0.3, -0.25) is 24.6 Å². The van der Waals surface area contributed by atoms with Crippen molar-refractivity contribution < 1.29 is 14.5 Å². The molecular formula is C26H32N4O4S. The number of rotatable bonds is 7. The third kappa shape index (κ3) is 6.49. The summed E-state index contributed by atoms with van der Waals surface area (Å²) in [6.07, 6.45) is 3.01. The Kier molecular flexibility index (Phi) is 8.69. The SMILES string of the molecule is CC(C)c1ccccc1Sc1ccc(/C=C/C(=O)N2CCN(C)C(C(=O)N(C)C)C2)cc1[N+](=O)[O-]. The number of hydrogen-bond acceptors (Lipinski definition) is 6. The van der Waals surface area contributed by atoms with Crippen LogP contribution in [0, 0.1) is 10.1 Å². The smallest absolute Gasteiger partial charge is 0.283 e. The fourth-order valence-corrected chi connectivity index (χ4v) is 5.13. The Morgan fingerprint density at radius 3 is 2.51 bits per heavy atom. The van der Waals surface area contributed by atoms with E-state index in [2.05, 4.69) is 13.8 Å². The van der Waals surface area contributed by atoms with Crippen molar-refractivity contribution in [1.82, 2.24) is 14.7 Å². The lowest BCUT2D eigenvalue weighted by molar-refractivity contribution is -0.387. The average molecular weight is 497 g/mol. The summed E-state index contributed by atoms with van der Waals surface area (Å²) in [6.45, 7) is 5.61. The van der Waals surface area contributed by atoms with Crippen LogP contribution in [0.3, 0.4) is 0 Å². The summed E-state index contributed by atoms with van der Waals surface area (Å²) < 4.78 is 0. The maximum Gasteiger partial charge on any atom is 0.283 e. The van der Waals surface area contributed by atoms with Gasteiger partial charge in [0.15, 0.2) is 0 Å². The molecule has 8 nitrogen and oxygen atoms in total. The number of carbonyl (C=O) groups excluding carboxylic acids is 2. The quantitative estimate of drug-likeness (QED) is 0.326. The number of amides is 2. The zero-order valence-corrected chi connectivity index (χ0v) is 21.6. The van der Waals surface area contributed by atoms with Gasteiger partial charge in [0.2, 0.25) is 11.8 Å². The highest BCUT2D eigenvalue weighted by molar-refractivity contribution is 7.99. The van der Waals surface area contributed by atoms with Crippen molar-refractivity contribution in [2.75, 3.05) is 40.8 Å². The molecule has 2 amide bonds. The first-order valence-corrected chi connectivity index (χ1v) is 12.3. The molecule has 2 aromatic carbocycles. The molecule has 1 aliphatic heterocycles. The van der Waals surface area contributed by atoms with Crippen molar-refractivity contribution >= 4 is 35.3 Å². The molecule has 35 heavy (non-hydrogen) atoms. The number of nitro groups is 1. The molecule has 3 rings (SSSR count). The normalized spacial score (nSPS) is 16.6. The highest BCUT2D eigenvalue weighted by atomic mass is 32.2. The third-order valence-electron chi connectivity index (χ3n) is 6.04. The van der Waals surface area contributed by atoms with Gasteiger partial charge in [-0.2, -0.15) is 0 Å². The van der Waals surface area contributed by atoms with Gasteiger partial charge in [0.1, 0.15) is 6.04 Å². The molecule has 2 aromatic rings. The molecule has 1 unspecified atom stereocenters. The van der Waals surface area contributed by atoms with Crippen LogP contribution in [0.5, 0.6) is 0 Å². The molecule has 0 spiro atoms. The summed E-state index contributed by atoms with van der Waals surface area (Å²) in [6, 6.07) is 12.5. The molecule has 0 radical (unpaired) electrons. The molecule has 1 aliphatic rings. The standard InChI is InChI=1S/C26H32N4O4S/c1-18(2)20-8-6-7-9-23(20)35-24-12-10-19(16-21(24)30(33)34)11-13-25(31)29-15-14-28(5)22(17-29)26(32)27(3)4/h6-13,16,18,22H,14-15,17H2,1-5H3/b13-11+. The molecule has 0 aliphatic carbocycles. The molecule has 1 heterocycles. The van der Waals surface area contributed by atoms with Gasteiger partial charge in [-0.15, -0.1) is 0 Å². The summed E-state index contributed by atoms with van der Waals surface area (Å²) in [7, 11) is 5.28. The number of likely N-dealkylation sites (N-methyl/N-ethyl adjacent to an activating group) is 2. The highest BCUT2D eigenvalue weighted by Gasteiger charge is 2.32. The Balaban J connectivity index is 1.77. The first-order valence-electron chi connectivity index (χ1n) is 11.5. The monoisotopic (exact) mass is 496 g/mol. The number of piperazine rings is 1. The van der Waals surface area contributed by atoms with Gasteiger partial charge in [-0.05, 0) is 42.3 Å². The summed E-state index contributed by atoms with van der Waals surface area (Å²) in [5.74, 6) is 0.0338. The Bertz CT molecular complexity index is 1130. The predicted molar refractivity (Wildman–Crippen MR) is 138 cm³/mol. The molecular weight excluding hydrogens is 464 g/mol. The van der Waals surface area contributed by atoms with E-state index in [1.165, 1.54) is 28.8 Å². The van der Waals surface area contributed by atoms with E-state index < -0.39 is 4.92 Å². The number of nitro benzene ring substituents is 1. The molecule has 9 heteroatoms. The molecule has 186 valence electrons. The lowest BCUT2D eigenvalue weighted by atomic mass is 10.0. The second kappa shape index (κ2) is 11.5. The molecule has 0 saturated carbocycles. The Hall–Kier alpha value is -3.17. The van der Waals surface area contributed by atoms with Crippen molar-refractivity contribution in [3.8, 4) is 0 Å². The Morgan fingerprint density at radius 1 is 1.14 bits per heavy atom. The van der Waals surface area contributed by atoms with Gasteiger partial charge in [0.05, 0.1) is 9.82 Å². The van der Waals surface area contributed by atoms with E-state index in [4.69, 9.17) is 0 Å². The van der Waals surface area contributed by atoms with Gasteiger partial charge in [0.25, 0.3) is 5.69 Å². The zero-order valence-electron chi connectivity index (χ0n) is 20.8. The molecule has 0 N–H and O–H groups in total. The maximum atomic E-state index is 12.8. The van der Waals surface area contributed by atoms with Crippen LogP contribution in [-0.2, 0) is 9.59 Å². The van der Waals surface area contributed by atoms with Gasteiger partial charge < -0.3 is 9.80 Å². The number of nitrogens with zero attached hydrogens (tertiary/aromatic N) is 4. The zero-order chi connectivity index (χ0) is 25.7. The average Bonchev–Trinajstić information content (AvgIpc) is 2.83. The number of carbonyl (C=O) groups is 2. The van der Waals surface area contributed by atoms with Gasteiger partial charge in [0, 0.05) is 50.8 Å². The van der Waals surface area contributed by atoms with Crippen LogP contribution in [0.15, 0.2) is 58.3 Å². The van der Waals surface area contributed by atoms with Crippen molar-refractivity contribution in [3.05, 3.63) is 69.8 Å². The molecule has 0 aromatic heterocycles. The van der Waals surface area contributed by atoms with E-state index in [-0.39, 0.29) is 23.5 Å². The van der Waals surface area contributed by atoms with E-state index in [1.807, 2.05) is 36.2 Å². The van der Waals surface area contributed by atoms with Gasteiger partial charge in [-0.1, -0.05) is 49.9 Å². The minimum Gasteiger partial charge on any atom is -0.347 e. The van der Waals surface area contributed by atoms with E-state index in [0.29, 0.717) is 36.0 Å². The lowest BCUT2D eigenvalue weighted by Gasteiger charge is -2.39. The number of hydrogen-bond donors (Lipinski definition) is 0. The van der Waals surface area contributed by atoms with E-state index in [9.17, 15) is 19.7 Å². The summed E-state index contributed by atoms with van der Waals surface area (Å²) in [5, 5.41) is 11.8. The van der Waals surface area contributed by atoms with Crippen molar-refractivity contribution in [2.24, 2.45) is 0 Å².